The molecule has 12 aromatic rings. The van der Waals surface area contributed by atoms with Gasteiger partial charge in [-0.1, -0.05) is 72.8 Å². The van der Waals surface area contributed by atoms with E-state index in [0.29, 0.717) is 28.4 Å². The summed E-state index contributed by atoms with van der Waals surface area (Å²) < 4.78 is 18.1. The first-order chi connectivity index (χ1) is 28.8. The first kappa shape index (κ1) is 32.0. The van der Waals surface area contributed by atoms with Crippen molar-refractivity contribution < 1.29 is 8.83 Å². The van der Waals surface area contributed by atoms with Crippen molar-refractivity contribution in [2.45, 2.75) is 0 Å². The summed E-state index contributed by atoms with van der Waals surface area (Å²) in [6, 6.07) is 47.7. The van der Waals surface area contributed by atoms with Gasteiger partial charge in [0.1, 0.15) is 22.8 Å². The Morgan fingerprint density at radius 2 is 0.776 bits per heavy atom. The first-order valence-electron chi connectivity index (χ1n) is 19.0. The van der Waals surface area contributed by atoms with Gasteiger partial charge in [0.25, 0.3) is 0 Å². The standard InChI is InChI=1S/C50H28N6O2/c51-29-37-47(55-38-13-5-1-9-33(38)45-35-11-3-7-15-40(35)57-49(45)55)43(31-19-25-53-26-20-31)42(30-17-23-52-24-18-30)44(32-21-27-54-28-22-32)48(37)56-39-14-6-2-10-34(39)46-36-12-4-8-16-41(36)58-50(46)56/h1-28H. The third kappa shape index (κ3) is 4.41. The molecule has 8 nitrogen and oxygen atoms in total. The van der Waals surface area contributed by atoms with Gasteiger partial charge in [0.05, 0.1) is 33.2 Å². The number of fused-ring (bicyclic) bond motifs is 10. The lowest BCUT2D eigenvalue weighted by atomic mass is 9.83. The highest BCUT2D eigenvalue weighted by Crippen LogP contribution is 2.53. The lowest BCUT2D eigenvalue weighted by Gasteiger charge is -2.26. The van der Waals surface area contributed by atoms with Crippen LogP contribution in [0.4, 0.5) is 0 Å². The van der Waals surface area contributed by atoms with Crippen molar-refractivity contribution in [1.82, 2.24) is 24.1 Å². The Balaban J connectivity index is 1.41. The molecule has 0 unspecified atom stereocenters. The van der Waals surface area contributed by atoms with Gasteiger partial charge in [0.15, 0.2) is 0 Å². The number of nitriles is 1. The fourth-order valence-corrected chi connectivity index (χ4v) is 9.01. The fraction of sp³-hybridized carbons (Fsp3) is 0. The van der Waals surface area contributed by atoms with Crippen LogP contribution in [0.25, 0.3) is 111 Å². The van der Waals surface area contributed by atoms with Crippen LogP contribution in [0.3, 0.4) is 0 Å². The average Bonchev–Trinajstić information content (AvgIpc) is 4.03. The first-order valence-corrected chi connectivity index (χ1v) is 19.0. The second-order valence-corrected chi connectivity index (χ2v) is 14.3. The molecule has 0 fully saturated rings. The number of pyridine rings is 3. The van der Waals surface area contributed by atoms with Gasteiger partial charge >= 0.3 is 0 Å². The molecule has 0 aliphatic carbocycles. The molecule has 0 aliphatic rings. The molecule has 7 heterocycles. The second-order valence-electron chi connectivity index (χ2n) is 14.3. The number of rotatable bonds is 5. The second kappa shape index (κ2) is 12.4. The van der Waals surface area contributed by atoms with Crippen molar-refractivity contribution in [3.05, 3.63) is 176 Å². The van der Waals surface area contributed by atoms with Crippen molar-refractivity contribution in [3.63, 3.8) is 0 Å². The summed E-state index contributed by atoms with van der Waals surface area (Å²) in [6.45, 7) is 0. The normalized spacial score (nSPS) is 11.8. The van der Waals surface area contributed by atoms with Crippen molar-refractivity contribution in [2.75, 3.05) is 0 Å². The fourth-order valence-electron chi connectivity index (χ4n) is 9.01. The van der Waals surface area contributed by atoms with Crippen LogP contribution in [0, 0.1) is 11.3 Å². The molecule has 0 saturated carbocycles. The SMILES string of the molecule is N#Cc1c(-n2c3ccccc3c3c4ccccc4oc32)c(-c2ccncc2)c(-c2ccncc2)c(-c2ccncc2)c1-n1c2ccccc2c2c3ccccc3oc21. The van der Waals surface area contributed by atoms with Crippen LogP contribution in [-0.2, 0) is 0 Å². The van der Waals surface area contributed by atoms with Crippen LogP contribution in [0.1, 0.15) is 5.56 Å². The lowest BCUT2D eigenvalue weighted by Crippen LogP contribution is -2.10. The minimum Gasteiger partial charge on any atom is -0.439 e. The van der Waals surface area contributed by atoms with Crippen LogP contribution in [0.15, 0.2) is 179 Å². The van der Waals surface area contributed by atoms with Gasteiger partial charge in [0, 0.05) is 75.4 Å². The number of aromatic nitrogens is 5. The predicted molar refractivity (Wildman–Crippen MR) is 229 cm³/mol. The molecule has 0 atom stereocenters. The van der Waals surface area contributed by atoms with E-state index in [1.54, 1.807) is 24.8 Å². The van der Waals surface area contributed by atoms with E-state index in [2.05, 4.69) is 66.6 Å². The number of hydrogen-bond acceptors (Lipinski definition) is 6. The molecule has 12 rings (SSSR count). The highest BCUT2D eigenvalue weighted by Gasteiger charge is 2.33. The number of nitrogens with zero attached hydrogens (tertiary/aromatic N) is 6. The van der Waals surface area contributed by atoms with E-state index in [4.69, 9.17) is 8.83 Å². The third-order valence-electron chi connectivity index (χ3n) is 11.3. The monoisotopic (exact) mass is 744 g/mol. The Morgan fingerprint density at radius 1 is 0.414 bits per heavy atom. The number of hydrogen-bond donors (Lipinski definition) is 0. The molecule has 0 bridgehead atoms. The summed E-state index contributed by atoms with van der Waals surface area (Å²) in [5.74, 6) is 0. The van der Waals surface area contributed by atoms with Crippen LogP contribution in [-0.4, -0.2) is 24.1 Å². The lowest BCUT2D eigenvalue weighted by molar-refractivity contribution is 0.644. The minimum atomic E-state index is 0.433. The maximum Gasteiger partial charge on any atom is 0.213 e. The molecular weight excluding hydrogens is 717 g/mol. The zero-order chi connectivity index (χ0) is 38.3. The van der Waals surface area contributed by atoms with Crippen molar-refractivity contribution in [2.24, 2.45) is 0 Å². The largest absolute Gasteiger partial charge is 0.439 e. The Labute approximate surface area is 330 Å². The zero-order valence-electron chi connectivity index (χ0n) is 30.7. The van der Waals surface area contributed by atoms with Crippen molar-refractivity contribution >= 4 is 65.9 Å². The summed E-state index contributed by atoms with van der Waals surface area (Å²) >= 11 is 0. The van der Waals surface area contributed by atoms with Crippen LogP contribution < -0.4 is 0 Å². The number of furan rings is 2. The summed E-state index contributed by atoms with van der Waals surface area (Å²) in [6.07, 6.45) is 10.8. The smallest absolute Gasteiger partial charge is 0.213 e. The molecule has 0 N–H and O–H groups in total. The highest BCUT2D eigenvalue weighted by molar-refractivity contribution is 6.22. The molecule has 0 spiro atoms. The molecule has 58 heavy (non-hydrogen) atoms. The average molecular weight is 745 g/mol. The minimum absolute atomic E-state index is 0.433. The van der Waals surface area contributed by atoms with Crippen molar-refractivity contribution in [1.29, 1.82) is 5.26 Å². The molecule has 0 amide bonds. The van der Waals surface area contributed by atoms with E-state index in [-0.39, 0.29) is 0 Å². The quantitative estimate of drug-likeness (QED) is 0.174. The topological polar surface area (TPSA) is 98.6 Å². The van der Waals surface area contributed by atoms with E-state index < -0.39 is 0 Å². The third-order valence-corrected chi connectivity index (χ3v) is 11.3. The van der Waals surface area contributed by atoms with Gasteiger partial charge < -0.3 is 8.83 Å². The molecule has 0 aliphatic heterocycles. The van der Waals surface area contributed by atoms with E-state index in [9.17, 15) is 5.26 Å². The molecule has 7 aromatic heterocycles. The van der Waals surface area contributed by atoms with Crippen molar-refractivity contribution in [3.8, 4) is 50.8 Å². The molecular formula is C50H28N6O2. The Kier molecular flexibility index (Phi) is 6.82. The summed E-state index contributed by atoms with van der Waals surface area (Å²) in [5, 5.41) is 18.0. The van der Waals surface area contributed by atoms with Gasteiger partial charge in [-0.25, -0.2) is 0 Å². The van der Waals surface area contributed by atoms with E-state index in [1.807, 2.05) is 109 Å². The Morgan fingerprint density at radius 3 is 1.19 bits per heavy atom. The van der Waals surface area contributed by atoms with Gasteiger partial charge in [-0.15, -0.1) is 0 Å². The maximum absolute atomic E-state index is 12.0. The molecule has 5 aromatic carbocycles. The van der Waals surface area contributed by atoms with Gasteiger partial charge in [0.2, 0.25) is 11.4 Å². The van der Waals surface area contributed by atoms with Crippen LogP contribution in [0.5, 0.6) is 0 Å². The molecule has 270 valence electrons. The van der Waals surface area contributed by atoms with E-state index in [1.165, 1.54) is 0 Å². The van der Waals surface area contributed by atoms with Crippen LogP contribution in [0.2, 0.25) is 0 Å². The number of para-hydroxylation sites is 4. The molecule has 8 heteroatoms. The molecule has 0 saturated heterocycles. The Bertz CT molecular complexity index is 3420. The van der Waals surface area contributed by atoms with Gasteiger partial charge in [-0.3, -0.25) is 24.1 Å². The predicted octanol–water partition coefficient (Wildman–Crippen LogP) is 12.4. The van der Waals surface area contributed by atoms with Gasteiger partial charge in [-0.05, 0) is 77.4 Å². The van der Waals surface area contributed by atoms with Gasteiger partial charge in [-0.2, -0.15) is 5.26 Å². The zero-order valence-corrected chi connectivity index (χ0v) is 30.7. The summed E-state index contributed by atoms with van der Waals surface area (Å²) in [5.41, 5.74) is 11.6. The molecule has 0 radical (unpaired) electrons. The highest BCUT2D eigenvalue weighted by atomic mass is 16.3. The van der Waals surface area contributed by atoms with Crippen LogP contribution >= 0.6 is 0 Å². The summed E-state index contributed by atoms with van der Waals surface area (Å²) in [4.78, 5) is 13.3. The van der Waals surface area contributed by atoms with E-state index in [0.717, 1.165) is 87.9 Å². The number of benzene rings is 5. The Hall–Kier alpha value is -8.28. The summed E-state index contributed by atoms with van der Waals surface area (Å²) in [7, 11) is 0. The maximum atomic E-state index is 12.0. The van der Waals surface area contributed by atoms with E-state index >= 15 is 0 Å².